The van der Waals surface area contributed by atoms with Crippen LogP contribution in [-0.4, -0.2) is 42.2 Å². The van der Waals surface area contributed by atoms with Gasteiger partial charge in [-0.25, -0.2) is 0 Å². The maximum atomic E-state index is 10.9. The number of carboxylic acids is 1. The van der Waals surface area contributed by atoms with Crippen molar-refractivity contribution in [3.8, 4) is 0 Å². The van der Waals surface area contributed by atoms with Crippen molar-refractivity contribution in [3.63, 3.8) is 0 Å². The zero-order valence-electron chi connectivity index (χ0n) is 13.3. The van der Waals surface area contributed by atoms with Crippen LogP contribution in [0.4, 0.5) is 5.69 Å². The average molecular weight is 290 g/mol. The summed E-state index contributed by atoms with van der Waals surface area (Å²) < 4.78 is 0. The van der Waals surface area contributed by atoms with Crippen molar-refractivity contribution in [3.05, 3.63) is 29.3 Å². The molecule has 1 heterocycles. The Morgan fingerprint density at radius 2 is 2.24 bits per heavy atom. The number of anilines is 1. The molecule has 0 radical (unpaired) electrons. The summed E-state index contributed by atoms with van der Waals surface area (Å²) in [7, 11) is 2.14. The van der Waals surface area contributed by atoms with Gasteiger partial charge in [-0.15, -0.1) is 0 Å². The molecule has 1 aromatic rings. The number of carbonyl (C=O) groups is 1. The molecule has 0 saturated carbocycles. The highest BCUT2D eigenvalue weighted by Crippen LogP contribution is 2.27. The van der Waals surface area contributed by atoms with Crippen molar-refractivity contribution in [1.29, 1.82) is 0 Å². The molecule has 0 aromatic heterocycles. The molecule has 0 aliphatic carbocycles. The quantitative estimate of drug-likeness (QED) is 0.875. The van der Waals surface area contributed by atoms with Gasteiger partial charge in [0.25, 0.3) is 0 Å². The van der Waals surface area contributed by atoms with Crippen LogP contribution in [0.15, 0.2) is 18.2 Å². The molecule has 2 rings (SSSR count). The van der Waals surface area contributed by atoms with E-state index in [-0.39, 0.29) is 12.5 Å². The Balaban J connectivity index is 2.09. The van der Waals surface area contributed by atoms with Gasteiger partial charge in [0, 0.05) is 31.9 Å². The molecule has 1 aliphatic rings. The van der Waals surface area contributed by atoms with Crippen LogP contribution in [0, 0.1) is 0 Å². The zero-order valence-corrected chi connectivity index (χ0v) is 13.3. The molecule has 21 heavy (non-hydrogen) atoms. The largest absolute Gasteiger partial charge is 0.481 e. The van der Waals surface area contributed by atoms with Crippen LogP contribution in [0.5, 0.6) is 0 Å². The van der Waals surface area contributed by atoms with E-state index >= 15 is 0 Å². The molecule has 1 N–H and O–H groups in total. The van der Waals surface area contributed by atoms with E-state index in [2.05, 4.69) is 42.0 Å². The van der Waals surface area contributed by atoms with Gasteiger partial charge in [0.1, 0.15) is 0 Å². The molecule has 0 saturated heterocycles. The smallest absolute Gasteiger partial charge is 0.304 e. The summed E-state index contributed by atoms with van der Waals surface area (Å²) >= 11 is 0. The van der Waals surface area contributed by atoms with Gasteiger partial charge in [-0.3, -0.25) is 9.69 Å². The normalized spacial score (nSPS) is 15.9. The highest BCUT2D eigenvalue weighted by atomic mass is 16.4. The molecule has 0 fully saturated rings. The second-order valence-electron chi connectivity index (χ2n) is 6.00. The highest BCUT2D eigenvalue weighted by Gasteiger charge is 2.18. The highest BCUT2D eigenvalue weighted by molar-refractivity contribution is 5.67. The zero-order chi connectivity index (χ0) is 15.4. The summed E-state index contributed by atoms with van der Waals surface area (Å²) in [5, 5.41) is 8.95. The molecule has 116 valence electrons. The number of aliphatic carboxylic acids is 1. The van der Waals surface area contributed by atoms with Gasteiger partial charge in [-0.1, -0.05) is 19.1 Å². The Labute approximate surface area is 127 Å². The first kappa shape index (κ1) is 15.8. The van der Waals surface area contributed by atoms with E-state index in [9.17, 15) is 4.79 Å². The third-order valence-corrected chi connectivity index (χ3v) is 4.38. The summed E-state index contributed by atoms with van der Waals surface area (Å²) in [6, 6.07) is 6.74. The maximum Gasteiger partial charge on any atom is 0.304 e. The van der Waals surface area contributed by atoms with Gasteiger partial charge in [0.05, 0.1) is 6.42 Å². The minimum atomic E-state index is -0.729. The van der Waals surface area contributed by atoms with E-state index in [1.807, 2.05) is 6.92 Å². The number of hydrogen-bond acceptors (Lipinski definition) is 3. The fourth-order valence-electron chi connectivity index (χ4n) is 3.13. The topological polar surface area (TPSA) is 43.8 Å². The number of hydrogen-bond donors (Lipinski definition) is 1. The van der Waals surface area contributed by atoms with Gasteiger partial charge in [0.2, 0.25) is 0 Å². The third kappa shape index (κ3) is 3.97. The van der Waals surface area contributed by atoms with Crippen molar-refractivity contribution in [2.45, 2.75) is 45.7 Å². The summed E-state index contributed by atoms with van der Waals surface area (Å²) in [6.07, 6.45) is 2.55. The molecule has 4 nitrogen and oxygen atoms in total. The van der Waals surface area contributed by atoms with Crippen LogP contribution in [0.1, 0.15) is 37.8 Å². The van der Waals surface area contributed by atoms with Crippen LogP contribution in [0.3, 0.4) is 0 Å². The number of nitrogens with zero attached hydrogens (tertiary/aromatic N) is 2. The standard InChI is InChI=1S/C17H26N2O2/c1-4-19(13(2)10-17(20)21)12-14-7-8-16-15(11-14)6-5-9-18(16)3/h7-8,11,13H,4-6,9-10,12H2,1-3H3,(H,20,21). The Morgan fingerprint density at radius 1 is 1.48 bits per heavy atom. The fourth-order valence-corrected chi connectivity index (χ4v) is 3.13. The van der Waals surface area contributed by atoms with E-state index in [1.165, 1.54) is 23.2 Å². The van der Waals surface area contributed by atoms with Crippen LogP contribution in [0.25, 0.3) is 0 Å². The Hall–Kier alpha value is -1.55. The molecular formula is C17H26N2O2. The monoisotopic (exact) mass is 290 g/mol. The molecule has 1 atom stereocenters. The Kier molecular flexibility index (Phi) is 5.23. The van der Waals surface area contributed by atoms with Crippen LogP contribution >= 0.6 is 0 Å². The summed E-state index contributed by atoms with van der Waals surface area (Å²) in [6.45, 7) is 6.89. The minimum Gasteiger partial charge on any atom is -0.481 e. The van der Waals surface area contributed by atoms with Crippen molar-refractivity contribution < 1.29 is 9.90 Å². The van der Waals surface area contributed by atoms with Crippen molar-refractivity contribution in [2.24, 2.45) is 0 Å². The molecule has 4 heteroatoms. The SMILES string of the molecule is CCN(Cc1ccc2c(c1)CCCN2C)C(C)CC(=O)O. The van der Waals surface area contributed by atoms with Crippen molar-refractivity contribution in [1.82, 2.24) is 4.90 Å². The number of aryl methyl sites for hydroxylation is 1. The molecule has 1 unspecified atom stereocenters. The number of rotatable bonds is 6. The first-order valence-corrected chi connectivity index (χ1v) is 7.80. The lowest BCUT2D eigenvalue weighted by molar-refractivity contribution is -0.138. The molecule has 0 bridgehead atoms. The Morgan fingerprint density at radius 3 is 2.90 bits per heavy atom. The van der Waals surface area contributed by atoms with E-state index < -0.39 is 5.97 Å². The lowest BCUT2D eigenvalue weighted by Gasteiger charge is -2.30. The van der Waals surface area contributed by atoms with Crippen molar-refractivity contribution >= 4 is 11.7 Å². The number of benzene rings is 1. The number of carboxylic acid groups (broad SMARTS) is 1. The first-order chi connectivity index (χ1) is 10.0. The first-order valence-electron chi connectivity index (χ1n) is 7.80. The molecular weight excluding hydrogens is 264 g/mol. The Bertz CT molecular complexity index is 502. The maximum absolute atomic E-state index is 10.9. The van der Waals surface area contributed by atoms with E-state index in [0.717, 1.165) is 26.1 Å². The van der Waals surface area contributed by atoms with Gasteiger partial charge < -0.3 is 10.0 Å². The lowest BCUT2D eigenvalue weighted by atomic mass is 9.99. The molecule has 1 aromatic carbocycles. The van der Waals surface area contributed by atoms with Crippen LogP contribution in [0.2, 0.25) is 0 Å². The van der Waals surface area contributed by atoms with Gasteiger partial charge in [-0.05, 0) is 43.5 Å². The van der Waals surface area contributed by atoms with Crippen LogP contribution in [-0.2, 0) is 17.8 Å². The molecule has 0 amide bonds. The summed E-state index contributed by atoms with van der Waals surface area (Å²) in [4.78, 5) is 15.4. The second kappa shape index (κ2) is 6.94. The van der Waals surface area contributed by atoms with E-state index in [1.54, 1.807) is 0 Å². The fraction of sp³-hybridized carbons (Fsp3) is 0.588. The predicted molar refractivity (Wildman–Crippen MR) is 85.8 cm³/mol. The molecule has 1 aliphatic heterocycles. The van der Waals surface area contributed by atoms with Gasteiger partial charge >= 0.3 is 5.97 Å². The average Bonchev–Trinajstić information content (AvgIpc) is 2.44. The summed E-state index contributed by atoms with van der Waals surface area (Å²) in [5.74, 6) is -0.729. The number of fused-ring (bicyclic) bond motifs is 1. The summed E-state index contributed by atoms with van der Waals surface area (Å²) in [5.41, 5.74) is 4.04. The second-order valence-corrected chi connectivity index (χ2v) is 6.00. The predicted octanol–water partition coefficient (Wildman–Crippen LogP) is 2.75. The van der Waals surface area contributed by atoms with Gasteiger partial charge in [0.15, 0.2) is 0 Å². The lowest BCUT2D eigenvalue weighted by Crippen LogP contribution is -2.34. The van der Waals surface area contributed by atoms with E-state index in [0.29, 0.717) is 0 Å². The third-order valence-electron chi connectivity index (χ3n) is 4.38. The molecule has 0 spiro atoms. The minimum absolute atomic E-state index is 0.0613. The van der Waals surface area contributed by atoms with E-state index in [4.69, 9.17) is 5.11 Å². The van der Waals surface area contributed by atoms with Crippen LogP contribution < -0.4 is 4.90 Å². The van der Waals surface area contributed by atoms with Gasteiger partial charge in [-0.2, -0.15) is 0 Å². The van der Waals surface area contributed by atoms with Crippen molar-refractivity contribution in [2.75, 3.05) is 25.0 Å².